The van der Waals surface area contributed by atoms with Crippen LogP contribution in [0.25, 0.3) is 5.82 Å². The van der Waals surface area contributed by atoms with E-state index in [4.69, 9.17) is 11.6 Å². The number of rotatable bonds is 2. The Morgan fingerprint density at radius 1 is 1.40 bits per heavy atom. The molecule has 2 aromatic heterocycles. The lowest BCUT2D eigenvalue weighted by molar-refractivity contribution is -0.137. The van der Waals surface area contributed by atoms with Crippen molar-refractivity contribution < 1.29 is 22.7 Å². The number of aromatic nitrogens is 4. The first kappa shape index (κ1) is 14.3. The molecule has 2 aromatic rings. The second kappa shape index (κ2) is 5.08. The molecule has 0 amide bonds. The van der Waals surface area contributed by atoms with Crippen molar-refractivity contribution in [1.29, 1.82) is 0 Å². The average Bonchev–Trinajstić information content (AvgIpc) is 2.85. The minimum atomic E-state index is -4.58. The third-order valence-corrected chi connectivity index (χ3v) is 2.40. The van der Waals surface area contributed by atoms with Crippen molar-refractivity contribution >= 4 is 17.6 Å². The Morgan fingerprint density at radius 2 is 2.10 bits per heavy atom. The number of alkyl halides is 3. The number of carbonyl (C=O) groups is 1. The van der Waals surface area contributed by atoms with E-state index in [1.165, 1.54) is 0 Å². The van der Waals surface area contributed by atoms with Gasteiger partial charge in [0.1, 0.15) is 11.5 Å². The maximum absolute atomic E-state index is 12.6. The Kier molecular flexibility index (Phi) is 3.62. The fourth-order valence-electron chi connectivity index (χ4n) is 1.32. The van der Waals surface area contributed by atoms with Crippen LogP contribution in [-0.2, 0) is 10.9 Å². The van der Waals surface area contributed by atoms with Gasteiger partial charge in [0.2, 0.25) is 0 Å². The van der Waals surface area contributed by atoms with E-state index >= 15 is 0 Å². The molecule has 0 aliphatic rings. The Labute approximate surface area is 115 Å². The second-order valence-corrected chi connectivity index (χ2v) is 3.93. The molecule has 0 saturated heterocycles. The molecule has 0 bridgehead atoms. The van der Waals surface area contributed by atoms with Gasteiger partial charge in [-0.15, -0.1) is 5.10 Å². The summed E-state index contributed by atoms with van der Waals surface area (Å²) in [6.07, 6.45) is -3.54. The first-order valence-electron chi connectivity index (χ1n) is 5.06. The highest BCUT2D eigenvalue weighted by Crippen LogP contribution is 2.31. The molecule has 6 nitrogen and oxygen atoms in total. The molecule has 10 heteroatoms. The first-order valence-corrected chi connectivity index (χ1v) is 5.44. The van der Waals surface area contributed by atoms with Crippen LogP contribution in [0.3, 0.4) is 0 Å². The smallest absolute Gasteiger partial charge is 0.416 e. The van der Waals surface area contributed by atoms with Gasteiger partial charge < -0.3 is 4.74 Å². The van der Waals surface area contributed by atoms with Gasteiger partial charge >= 0.3 is 12.1 Å². The number of pyridine rings is 1. The highest BCUT2D eigenvalue weighted by atomic mass is 35.5. The number of ether oxygens (including phenoxy) is 1. The fraction of sp³-hybridized carbons (Fsp3) is 0.200. The van der Waals surface area contributed by atoms with Crippen LogP contribution in [0.5, 0.6) is 0 Å². The Hall–Kier alpha value is -2.16. The Balaban J connectivity index is 2.45. The summed E-state index contributed by atoms with van der Waals surface area (Å²) in [7, 11) is 1.13. The number of esters is 1. The van der Waals surface area contributed by atoms with E-state index in [-0.39, 0.29) is 16.8 Å². The van der Waals surface area contributed by atoms with Crippen molar-refractivity contribution in [3.05, 3.63) is 35.0 Å². The third kappa shape index (κ3) is 2.87. The highest BCUT2D eigenvalue weighted by Gasteiger charge is 2.32. The lowest BCUT2D eigenvalue weighted by Crippen LogP contribution is -2.09. The zero-order valence-electron chi connectivity index (χ0n) is 9.85. The van der Waals surface area contributed by atoms with E-state index in [1.807, 2.05) is 0 Å². The molecular weight excluding hydrogens is 301 g/mol. The maximum atomic E-state index is 12.6. The van der Waals surface area contributed by atoms with Gasteiger partial charge in [-0.25, -0.2) is 19.4 Å². The summed E-state index contributed by atoms with van der Waals surface area (Å²) in [4.78, 5) is 18.5. The third-order valence-electron chi connectivity index (χ3n) is 2.20. The molecule has 0 aliphatic carbocycles. The average molecular weight is 307 g/mol. The van der Waals surface area contributed by atoms with Gasteiger partial charge in [0.05, 0.1) is 12.7 Å². The molecule has 0 fully saturated rings. The molecule has 0 aromatic carbocycles. The molecule has 0 radical (unpaired) electrons. The summed E-state index contributed by atoms with van der Waals surface area (Å²) in [5.74, 6) is -1.34. The minimum absolute atomic E-state index is 0.215. The molecule has 0 aliphatic heterocycles. The summed E-state index contributed by atoms with van der Waals surface area (Å²) in [5, 5.41) is 3.30. The highest BCUT2D eigenvalue weighted by molar-refractivity contribution is 6.29. The normalized spacial score (nSPS) is 11.4. The number of carbonyl (C=O) groups excluding carboxylic acids is 1. The van der Waals surface area contributed by atoms with Gasteiger partial charge in [0.25, 0.3) is 5.82 Å². The van der Waals surface area contributed by atoms with Crippen molar-refractivity contribution in [2.24, 2.45) is 0 Å². The van der Waals surface area contributed by atoms with E-state index in [0.29, 0.717) is 6.07 Å². The zero-order valence-corrected chi connectivity index (χ0v) is 10.6. The van der Waals surface area contributed by atoms with Crippen LogP contribution in [0.1, 0.15) is 16.2 Å². The first-order chi connectivity index (χ1) is 9.31. The van der Waals surface area contributed by atoms with Gasteiger partial charge in [0, 0.05) is 0 Å². The summed E-state index contributed by atoms with van der Waals surface area (Å²) >= 11 is 5.54. The molecule has 0 atom stereocenters. The van der Waals surface area contributed by atoms with Crippen LogP contribution >= 0.6 is 11.6 Å². The minimum Gasteiger partial charge on any atom is -0.463 e. The van der Waals surface area contributed by atoms with Crippen molar-refractivity contribution in [2.45, 2.75) is 6.18 Å². The van der Waals surface area contributed by atoms with Crippen LogP contribution in [0.15, 0.2) is 18.5 Å². The molecular formula is C10H6ClF3N4O2. The van der Waals surface area contributed by atoms with Crippen LogP contribution in [0.2, 0.25) is 5.15 Å². The van der Waals surface area contributed by atoms with E-state index in [1.54, 1.807) is 0 Å². The fourth-order valence-corrected chi connectivity index (χ4v) is 1.53. The molecule has 20 heavy (non-hydrogen) atoms. The zero-order chi connectivity index (χ0) is 14.9. The van der Waals surface area contributed by atoms with E-state index in [9.17, 15) is 18.0 Å². The molecule has 0 N–H and O–H groups in total. The summed E-state index contributed by atoms with van der Waals surface area (Å²) < 4.78 is 43.2. The monoisotopic (exact) mass is 306 g/mol. The lowest BCUT2D eigenvalue weighted by atomic mass is 10.2. The number of methoxy groups -OCH3 is 1. The van der Waals surface area contributed by atoms with E-state index in [2.05, 4.69) is 19.8 Å². The number of halogens is 4. The van der Waals surface area contributed by atoms with Crippen LogP contribution in [-0.4, -0.2) is 32.8 Å². The maximum Gasteiger partial charge on any atom is 0.416 e. The van der Waals surface area contributed by atoms with Gasteiger partial charge in [-0.2, -0.15) is 13.2 Å². The second-order valence-electron chi connectivity index (χ2n) is 3.54. The van der Waals surface area contributed by atoms with Crippen LogP contribution < -0.4 is 0 Å². The largest absolute Gasteiger partial charge is 0.463 e. The molecule has 0 saturated carbocycles. The summed E-state index contributed by atoms with van der Waals surface area (Å²) in [5.41, 5.74) is -0.984. The van der Waals surface area contributed by atoms with Gasteiger partial charge in [-0.1, -0.05) is 11.6 Å². The van der Waals surface area contributed by atoms with Crippen molar-refractivity contribution in [3.63, 3.8) is 0 Å². The predicted octanol–water partition coefficient (Wildman–Crippen LogP) is 2.12. The number of nitrogens with zero attached hydrogens (tertiary/aromatic N) is 4. The van der Waals surface area contributed by atoms with Crippen LogP contribution in [0, 0.1) is 0 Å². The molecule has 106 valence electrons. The van der Waals surface area contributed by atoms with Crippen LogP contribution in [0.4, 0.5) is 13.2 Å². The molecule has 0 spiro atoms. The Morgan fingerprint density at radius 3 is 2.70 bits per heavy atom. The Bertz CT molecular complexity index is 656. The molecule has 2 heterocycles. The number of hydrogen-bond acceptors (Lipinski definition) is 5. The quantitative estimate of drug-likeness (QED) is 0.628. The summed E-state index contributed by atoms with van der Waals surface area (Å²) in [6, 6.07) is 1.42. The van der Waals surface area contributed by atoms with Gasteiger partial charge in [-0.3, -0.25) is 0 Å². The lowest BCUT2D eigenvalue weighted by Gasteiger charge is -2.08. The van der Waals surface area contributed by atoms with Crippen molar-refractivity contribution in [1.82, 2.24) is 19.7 Å². The van der Waals surface area contributed by atoms with E-state index < -0.39 is 17.7 Å². The van der Waals surface area contributed by atoms with Gasteiger partial charge in [-0.05, 0) is 12.1 Å². The van der Waals surface area contributed by atoms with Gasteiger partial charge in [0.15, 0.2) is 5.82 Å². The van der Waals surface area contributed by atoms with Crippen molar-refractivity contribution in [3.8, 4) is 5.82 Å². The van der Waals surface area contributed by atoms with Crippen molar-refractivity contribution in [2.75, 3.05) is 7.11 Å². The predicted molar refractivity (Wildman–Crippen MR) is 60.5 cm³/mol. The molecule has 0 unspecified atom stereocenters. The van der Waals surface area contributed by atoms with E-state index in [0.717, 1.165) is 24.2 Å². The standard InChI is InChI=1S/C10H6ClF3N4O2/c1-20-9(19)8-15-4-18(17-8)7-3-5(10(12,13)14)2-6(11)16-7/h2-4H,1H3. The number of hydrogen-bond donors (Lipinski definition) is 0. The summed E-state index contributed by atoms with van der Waals surface area (Å²) in [6.45, 7) is 0. The SMILES string of the molecule is COC(=O)c1ncn(-c2cc(C(F)(F)F)cc(Cl)n2)n1. The molecule has 2 rings (SSSR count). The topological polar surface area (TPSA) is 69.9 Å².